The number of rotatable bonds is 4. The molecule has 6 heteroatoms. The molecule has 154 valence electrons. The summed E-state index contributed by atoms with van der Waals surface area (Å²) in [6.45, 7) is 0.579. The van der Waals surface area contributed by atoms with Crippen molar-refractivity contribution in [1.29, 1.82) is 0 Å². The molecule has 3 aliphatic rings. The number of hydrazone groups is 1. The molecule has 5 nitrogen and oxygen atoms in total. The number of para-hydroxylation sites is 1. The molecule has 0 radical (unpaired) electrons. The molecule has 2 fully saturated rings. The van der Waals surface area contributed by atoms with Gasteiger partial charge in [0.1, 0.15) is 5.82 Å². The summed E-state index contributed by atoms with van der Waals surface area (Å²) in [5, 5.41) is 6.39. The second-order valence-corrected chi connectivity index (χ2v) is 8.59. The van der Waals surface area contributed by atoms with Crippen LogP contribution in [0.2, 0.25) is 0 Å². The Labute approximate surface area is 178 Å². The normalized spacial score (nSPS) is 26.7. The number of aromatic nitrogens is 1. The van der Waals surface area contributed by atoms with E-state index in [1.165, 1.54) is 12.1 Å². The van der Waals surface area contributed by atoms with Gasteiger partial charge in [0.05, 0.1) is 18.1 Å². The fraction of sp³-hybridized carbons (Fsp3) is 0.240. The predicted molar refractivity (Wildman–Crippen MR) is 115 cm³/mol. The lowest BCUT2D eigenvalue weighted by molar-refractivity contribution is -0.140. The Morgan fingerprint density at radius 1 is 0.968 bits per heavy atom. The Bertz CT molecular complexity index is 1240. The SMILES string of the molecule is O=C1[C@@H]2[C@H](C(=O)N1/N=C\c1cn(Cc3ccc(F)cc3)c3ccccc13)[C@H]1C=C[C@H]2C1. The molecule has 1 aliphatic heterocycles. The van der Waals surface area contributed by atoms with Crippen LogP contribution in [0.5, 0.6) is 0 Å². The van der Waals surface area contributed by atoms with Gasteiger partial charge in [0.15, 0.2) is 0 Å². The van der Waals surface area contributed by atoms with E-state index in [4.69, 9.17) is 0 Å². The van der Waals surface area contributed by atoms with Crippen molar-refractivity contribution in [3.8, 4) is 0 Å². The first-order chi connectivity index (χ1) is 15.1. The Morgan fingerprint density at radius 2 is 1.65 bits per heavy atom. The van der Waals surface area contributed by atoms with Gasteiger partial charge in [-0.05, 0) is 42.0 Å². The van der Waals surface area contributed by atoms with Crippen molar-refractivity contribution in [2.45, 2.75) is 13.0 Å². The number of hydrogen-bond acceptors (Lipinski definition) is 3. The van der Waals surface area contributed by atoms with E-state index in [9.17, 15) is 14.0 Å². The number of carbonyl (C=O) groups is 2. The van der Waals surface area contributed by atoms with Crippen molar-refractivity contribution >= 4 is 28.9 Å². The third kappa shape index (κ3) is 2.78. The number of allylic oxidation sites excluding steroid dienone is 2. The summed E-state index contributed by atoms with van der Waals surface area (Å²) >= 11 is 0. The molecule has 1 saturated carbocycles. The number of nitrogens with zero attached hydrogens (tertiary/aromatic N) is 3. The smallest absolute Gasteiger partial charge is 0.254 e. The molecule has 4 atom stereocenters. The first-order valence-corrected chi connectivity index (χ1v) is 10.5. The monoisotopic (exact) mass is 413 g/mol. The topological polar surface area (TPSA) is 54.7 Å². The lowest BCUT2D eigenvalue weighted by Gasteiger charge is -2.13. The zero-order chi connectivity index (χ0) is 21.1. The number of amides is 2. The van der Waals surface area contributed by atoms with Gasteiger partial charge in [-0.2, -0.15) is 10.1 Å². The summed E-state index contributed by atoms with van der Waals surface area (Å²) in [5.74, 6) is -0.786. The highest BCUT2D eigenvalue weighted by Gasteiger charge is 2.59. The van der Waals surface area contributed by atoms with Crippen LogP contribution in [0.3, 0.4) is 0 Å². The predicted octanol–water partition coefficient (Wildman–Crippen LogP) is 3.97. The average Bonchev–Trinajstić information content (AvgIpc) is 3.53. The van der Waals surface area contributed by atoms with Gasteiger partial charge in [0, 0.05) is 29.2 Å². The quantitative estimate of drug-likeness (QED) is 0.369. The first-order valence-electron chi connectivity index (χ1n) is 10.5. The largest absolute Gasteiger partial charge is 0.342 e. The van der Waals surface area contributed by atoms with Crippen LogP contribution in [0.15, 0.2) is 72.0 Å². The molecule has 0 N–H and O–H groups in total. The third-order valence-corrected chi connectivity index (χ3v) is 6.84. The van der Waals surface area contributed by atoms with Gasteiger partial charge in [-0.3, -0.25) is 9.59 Å². The van der Waals surface area contributed by atoms with E-state index in [0.717, 1.165) is 33.5 Å². The zero-order valence-electron chi connectivity index (χ0n) is 16.7. The third-order valence-electron chi connectivity index (χ3n) is 6.84. The molecule has 2 bridgehead atoms. The highest BCUT2D eigenvalue weighted by Crippen LogP contribution is 2.52. The molecule has 2 aliphatic carbocycles. The maximum absolute atomic E-state index is 13.2. The van der Waals surface area contributed by atoms with Gasteiger partial charge in [-0.1, -0.05) is 42.5 Å². The summed E-state index contributed by atoms with van der Waals surface area (Å²) in [7, 11) is 0. The van der Waals surface area contributed by atoms with E-state index >= 15 is 0 Å². The minimum absolute atomic E-state index is 0.171. The lowest BCUT2D eigenvalue weighted by atomic mass is 9.85. The number of benzene rings is 2. The Kier molecular flexibility index (Phi) is 3.96. The fourth-order valence-electron chi connectivity index (χ4n) is 5.42. The number of imide groups is 1. The Balaban J connectivity index is 1.31. The van der Waals surface area contributed by atoms with Crippen LogP contribution in [-0.4, -0.2) is 27.6 Å². The molecular formula is C25H20FN3O2. The molecule has 6 rings (SSSR count). The van der Waals surface area contributed by atoms with Gasteiger partial charge in [0.2, 0.25) is 0 Å². The molecule has 31 heavy (non-hydrogen) atoms. The van der Waals surface area contributed by atoms with Crippen LogP contribution < -0.4 is 0 Å². The summed E-state index contributed by atoms with van der Waals surface area (Å²) in [6.07, 6.45) is 8.62. The molecule has 2 aromatic carbocycles. The molecular weight excluding hydrogens is 393 g/mol. The van der Waals surface area contributed by atoms with Crippen molar-refractivity contribution in [2.75, 3.05) is 0 Å². The van der Waals surface area contributed by atoms with Gasteiger partial charge in [0.25, 0.3) is 11.8 Å². The molecule has 2 heterocycles. The van der Waals surface area contributed by atoms with Crippen LogP contribution in [0.25, 0.3) is 10.9 Å². The van der Waals surface area contributed by atoms with Crippen molar-refractivity contribution in [3.63, 3.8) is 0 Å². The first kappa shape index (κ1) is 18.2. The number of fused-ring (bicyclic) bond motifs is 6. The minimum Gasteiger partial charge on any atom is -0.342 e. The van der Waals surface area contributed by atoms with Crippen LogP contribution in [0.1, 0.15) is 17.5 Å². The molecule has 1 saturated heterocycles. The number of carbonyl (C=O) groups excluding carboxylic acids is 2. The molecule has 1 aromatic heterocycles. The van der Waals surface area contributed by atoms with Crippen LogP contribution in [-0.2, 0) is 16.1 Å². The van der Waals surface area contributed by atoms with Gasteiger partial charge in [-0.25, -0.2) is 4.39 Å². The molecule has 0 spiro atoms. The summed E-state index contributed by atoms with van der Waals surface area (Å²) < 4.78 is 15.3. The molecule has 3 aromatic rings. The van der Waals surface area contributed by atoms with E-state index in [1.54, 1.807) is 18.3 Å². The summed E-state index contributed by atoms with van der Waals surface area (Å²) in [5.41, 5.74) is 2.81. The molecule has 0 unspecified atom stereocenters. The Morgan fingerprint density at radius 3 is 2.35 bits per heavy atom. The van der Waals surface area contributed by atoms with Crippen LogP contribution in [0, 0.1) is 29.5 Å². The van der Waals surface area contributed by atoms with Crippen molar-refractivity contribution in [1.82, 2.24) is 9.58 Å². The lowest BCUT2D eigenvalue weighted by Crippen LogP contribution is -2.28. The van der Waals surface area contributed by atoms with Gasteiger partial charge in [-0.15, -0.1) is 0 Å². The van der Waals surface area contributed by atoms with Crippen molar-refractivity contribution < 1.29 is 14.0 Å². The zero-order valence-corrected chi connectivity index (χ0v) is 16.7. The second kappa shape index (κ2) is 6.74. The van der Waals surface area contributed by atoms with E-state index in [1.807, 2.05) is 30.5 Å². The van der Waals surface area contributed by atoms with E-state index in [2.05, 4.69) is 21.8 Å². The number of halogens is 1. The van der Waals surface area contributed by atoms with E-state index in [-0.39, 0.29) is 41.3 Å². The maximum atomic E-state index is 13.2. The Hall–Kier alpha value is -3.54. The van der Waals surface area contributed by atoms with Crippen molar-refractivity contribution in [2.24, 2.45) is 28.8 Å². The van der Waals surface area contributed by atoms with Crippen LogP contribution in [0.4, 0.5) is 4.39 Å². The van der Waals surface area contributed by atoms with Crippen LogP contribution >= 0.6 is 0 Å². The van der Waals surface area contributed by atoms with E-state index in [0.29, 0.717) is 6.54 Å². The number of hydrogen-bond donors (Lipinski definition) is 0. The summed E-state index contributed by atoms with van der Waals surface area (Å²) in [4.78, 5) is 25.7. The molecule has 2 amide bonds. The van der Waals surface area contributed by atoms with Crippen molar-refractivity contribution in [3.05, 3.63) is 83.8 Å². The average molecular weight is 413 g/mol. The van der Waals surface area contributed by atoms with Gasteiger partial charge >= 0.3 is 0 Å². The maximum Gasteiger partial charge on any atom is 0.254 e. The standard InChI is InChI=1S/C25H20FN3O2/c26-19-9-5-15(6-10-19)13-28-14-18(20-3-1-2-4-21(20)28)12-27-29-24(30)22-16-7-8-17(11-16)23(22)25(29)31/h1-10,12,14,16-17,22-23H,11,13H2/b27-12-/t16-,17-,22-,23+/m0/s1. The fourth-order valence-corrected chi connectivity index (χ4v) is 5.42. The minimum atomic E-state index is -0.262. The highest BCUT2D eigenvalue weighted by atomic mass is 19.1. The summed E-state index contributed by atoms with van der Waals surface area (Å²) in [6, 6.07) is 14.3. The van der Waals surface area contributed by atoms with E-state index < -0.39 is 0 Å². The second-order valence-electron chi connectivity index (χ2n) is 8.59. The highest BCUT2D eigenvalue weighted by molar-refractivity contribution is 6.07. The van der Waals surface area contributed by atoms with Gasteiger partial charge < -0.3 is 4.57 Å².